The van der Waals surface area contributed by atoms with Gasteiger partial charge in [-0.1, -0.05) is 29.8 Å². The Bertz CT molecular complexity index is 811. The van der Waals surface area contributed by atoms with Crippen molar-refractivity contribution in [3.05, 3.63) is 29.3 Å². The molecule has 0 radical (unpaired) electrons. The first kappa shape index (κ1) is 18.7. The molecule has 27 heavy (non-hydrogen) atoms. The topological polar surface area (TPSA) is 72.7 Å². The molecule has 6 nitrogen and oxygen atoms in total. The Morgan fingerprint density at radius 3 is 2.70 bits per heavy atom. The predicted octanol–water partition coefficient (Wildman–Crippen LogP) is 3.74. The molecule has 2 saturated carbocycles. The van der Waals surface area contributed by atoms with Crippen molar-refractivity contribution in [1.82, 2.24) is 25.5 Å². The molecule has 2 bridgehead atoms. The fraction of sp³-hybridized carbons (Fsp3) is 0.579. The van der Waals surface area contributed by atoms with Crippen molar-refractivity contribution in [2.45, 2.75) is 56.0 Å². The normalized spacial score (nSPS) is 26.1. The average Bonchev–Trinajstić information content (AvgIpc) is 3.39. The number of thioether (sulfide) groups is 1. The third kappa shape index (κ3) is 3.99. The molecule has 1 N–H and O–H groups in total. The Balaban J connectivity index is 1.38. The molecule has 2 aliphatic carbocycles. The van der Waals surface area contributed by atoms with E-state index in [9.17, 15) is 4.79 Å². The van der Waals surface area contributed by atoms with Gasteiger partial charge in [0.05, 0.1) is 10.9 Å². The highest BCUT2D eigenvalue weighted by molar-refractivity contribution is 8.00. The molecule has 1 aromatic carbocycles. The summed E-state index contributed by atoms with van der Waals surface area (Å²) < 4.78 is 1.63. The van der Waals surface area contributed by atoms with Crippen molar-refractivity contribution < 1.29 is 4.79 Å². The van der Waals surface area contributed by atoms with Crippen molar-refractivity contribution in [3.63, 3.8) is 0 Å². The molecule has 8 heteroatoms. The second kappa shape index (κ2) is 7.80. The molecule has 144 valence electrons. The number of hydrogen-bond donors (Lipinski definition) is 1. The SMILES string of the molecule is C[C@@H](Sc1nnnn1-c1ccc(Cl)cc1)C(=O)N[C@H](C)[C@@H]1C[C@@H]2CC[C@@H]1C2. The Morgan fingerprint density at radius 1 is 1.26 bits per heavy atom. The molecule has 2 aromatic rings. The van der Waals surface area contributed by atoms with Crippen molar-refractivity contribution in [3.8, 4) is 5.69 Å². The fourth-order valence-electron chi connectivity index (χ4n) is 4.56. The van der Waals surface area contributed by atoms with Crippen LogP contribution in [0.15, 0.2) is 29.4 Å². The average molecular weight is 406 g/mol. The van der Waals surface area contributed by atoms with E-state index in [1.807, 2.05) is 19.1 Å². The molecule has 0 unspecified atom stereocenters. The van der Waals surface area contributed by atoms with Gasteiger partial charge in [-0.25, -0.2) is 0 Å². The summed E-state index contributed by atoms with van der Waals surface area (Å²) in [6.07, 6.45) is 5.32. The monoisotopic (exact) mass is 405 g/mol. The van der Waals surface area contributed by atoms with E-state index in [4.69, 9.17) is 11.6 Å². The number of carbonyl (C=O) groups excluding carboxylic acids is 1. The smallest absolute Gasteiger partial charge is 0.233 e. The van der Waals surface area contributed by atoms with Crippen LogP contribution in [0.3, 0.4) is 0 Å². The van der Waals surface area contributed by atoms with Gasteiger partial charge in [0.1, 0.15) is 0 Å². The lowest BCUT2D eigenvalue weighted by Crippen LogP contribution is -2.43. The number of aromatic nitrogens is 4. The van der Waals surface area contributed by atoms with Crippen molar-refractivity contribution in [1.29, 1.82) is 0 Å². The molecule has 2 aliphatic rings. The third-order valence-corrected chi connectivity index (χ3v) is 7.25. The maximum absolute atomic E-state index is 12.7. The summed E-state index contributed by atoms with van der Waals surface area (Å²) in [5.41, 5.74) is 0.815. The molecule has 0 aliphatic heterocycles. The summed E-state index contributed by atoms with van der Waals surface area (Å²) in [6.45, 7) is 4.05. The lowest BCUT2D eigenvalue weighted by atomic mass is 9.84. The highest BCUT2D eigenvalue weighted by Crippen LogP contribution is 2.49. The first-order valence-electron chi connectivity index (χ1n) is 9.52. The lowest BCUT2D eigenvalue weighted by Gasteiger charge is -2.29. The fourth-order valence-corrected chi connectivity index (χ4v) is 5.51. The highest BCUT2D eigenvalue weighted by Gasteiger charge is 2.42. The summed E-state index contributed by atoms with van der Waals surface area (Å²) in [4.78, 5) is 12.7. The summed E-state index contributed by atoms with van der Waals surface area (Å²) in [7, 11) is 0. The largest absolute Gasteiger partial charge is 0.352 e. The number of rotatable bonds is 6. The van der Waals surface area contributed by atoms with Crippen LogP contribution in [0.2, 0.25) is 5.02 Å². The van der Waals surface area contributed by atoms with E-state index in [-0.39, 0.29) is 17.2 Å². The van der Waals surface area contributed by atoms with Crippen LogP contribution in [0.25, 0.3) is 5.69 Å². The van der Waals surface area contributed by atoms with Gasteiger partial charge in [-0.15, -0.1) is 5.10 Å². The number of benzene rings is 1. The Hall–Kier alpha value is -1.60. The molecule has 0 saturated heterocycles. The molecule has 5 atom stereocenters. The minimum atomic E-state index is -0.275. The first-order valence-corrected chi connectivity index (χ1v) is 10.8. The molecule has 1 heterocycles. The van der Waals surface area contributed by atoms with E-state index in [1.54, 1.807) is 16.8 Å². The molecule has 2 fully saturated rings. The van der Waals surface area contributed by atoms with Crippen LogP contribution in [0.5, 0.6) is 0 Å². The van der Waals surface area contributed by atoms with Gasteiger partial charge in [0, 0.05) is 11.1 Å². The van der Waals surface area contributed by atoms with Gasteiger partial charge in [0.25, 0.3) is 0 Å². The number of hydrogen-bond acceptors (Lipinski definition) is 5. The molecule has 1 amide bonds. The van der Waals surface area contributed by atoms with Crippen molar-refractivity contribution in [2.24, 2.45) is 17.8 Å². The molecule has 0 spiro atoms. The van der Waals surface area contributed by atoms with Gasteiger partial charge in [-0.3, -0.25) is 4.79 Å². The van der Waals surface area contributed by atoms with E-state index < -0.39 is 0 Å². The summed E-state index contributed by atoms with van der Waals surface area (Å²) in [5.74, 6) is 2.35. The number of tetrazole rings is 1. The maximum atomic E-state index is 12.7. The number of carbonyl (C=O) groups is 1. The quantitative estimate of drug-likeness (QED) is 0.741. The summed E-state index contributed by atoms with van der Waals surface area (Å²) >= 11 is 7.31. The van der Waals surface area contributed by atoms with Crippen LogP contribution in [0.4, 0.5) is 0 Å². The number of nitrogens with one attached hydrogen (secondary N) is 1. The van der Waals surface area contributed by atoms with Crippen molar-refractivity contribution >= 4 is 29.3 Å². The highest BCUT2D eigenvalue weighted by atomic mass is 35.5. The summed E-state index contributed by atoms with van der Waals surface area (Å²) in [5, 5.41) is 16.1. The van der Waals surface area contributed by atoms with E-state index in [1.165, 1.54) is 37.4 Å². The van der Waals surface area contributed by atoms with Crippen LogP contribution < -0.4 is 5.32 Å². The van der Waals surface area contributed by atoms with Gasteiger partial charge >= 0.3 is 0 Å². The number of fused-ring (bicyclic) bond motifs is 2. The van der Waals surface area contributed by atoms with E-state index in [2.05, 4.69) is 27.8 Å². The zero-order valence-electron chi connectivity index (χ0n) is 15.5. The van der Waals surface area contributed by atoms with Crippen LogP contribution in [-0.2, 0) is 4.79 Å². The summed E-state index contributed by atoms with van der Waals surface area (Å²) in [6, 6.07) is 7.51. The molecule has 1 aromatic heterocycles. The number of amides is 1. The van der Waals surface area contributed by atoms with Crippen LogP contribution in [0, 0.1) is 17.8 Å². The number of nitrogens with zero attached hydrogens (tertiary/aromatic N) is 4. The second-order valence-corrected chi connectivity index (χ2v) is 9.49. The third-order valence-electron chi connectivity index (χ3n) is 5.97. The molecular weight excluding hydrogens is 382 g/mol. The van der Waals surface area contributed by atoms with Gasteiger partial charge in [-0.05, 0) is 85.6 Å². The maximum Gasteiger partial charge on any atom is 0.233 e. The van der Waals surface area contributed by atoms with E-state index in [0.29, 0.717) is 16.1 Å². The minimum Gasteiger partial charge on any atom is -0.352 e. The van der Waals surface area contributed by atoms with Gasteiger partial charge in [0.15, 0.2) is 0 Å². The predicted molar refractivity (Wildman–Crippen MR) is 106 cm³/mol. The molecule has 4 rings (SSSR count). The number of halogens is 1. The molecular formula is C19H24ClN5OS. The Kier molecular flexibility index (Phi) is 5.41. The second-order valence-electron chi connectivity index (χ2n) is 7.75. The first-order chi connectivity index (χ1) is 13.0. The zero-order valence-corrected chi connectivity index (χ0v) is 17.1. The Morgan fingerprint density at radius 2 is 2.04 bits per heavy atom. The van der Waals surface area contributed by atoms with Crippen LogP contribution in [-0.4, -0.2) is 37.4 Å². The van der Waals surface area contributed by atoms with Gasteiger partial charge in [0.2, 0.25) is 11.1 Å². The van der Waals surface area contributed by atoms with Crippen molar-refractivity contribution in [2.75, 3.05) is 0 Å². The minimum absolute atomic E-state index is 0.0425. The zero-order chi connectivity index (χ0) is 19.0. The van der Waals surface area contributed by atoms with E-state index >= 15 is 0 Å². The standard InChI is InChI=1S/C19H24ClN5OS/c1-11(17-10-13-3-4-14(17)9-13)21-18(26)12(2)27-19-22-23-24-25(19)16-7-5-15(20)6-8-16/h5-8,11-14,17H,3-4,9-10H2,1-2H3,(H,21,26)/t11-,12-,13-,14-,17+/m1/s1. The van der Waals surface area contributed by atoms with Crippen LogP contribution in [0.1, 0.15) is 39.5 Å². The van der Waals surface area contributed by atoms with Crippen LogP contribution >= 0.6 is 23.4 Å². The van der Waals surface area contributed by atoms with E-state index in [0.717, 1.165) is 17.5 Å². The Labute approximate surface area is 168 Å². The lowest BCUT2D eigenvalue weighted by molar-refractivity contribution is -0.121. The van der Waals surface area contributed by atoms with Gasteiger partial charge in [-0.2, -0.15) is 4.68 Å². The van der Waals surface area contributed by atoms with Gasteiger partial charge < -0.3 is 5.32 Å².